The molecule has 4 heterocycles. The Morgan fingerprint density at radius 2 is 1.73 bits per heavy atom. The SMILES string of the molecule is C#COCC(C)(C)C/C(C)=C(\c1cccnc1C(C)CC)N(CC)c1ccc(-c2csc(CC(NC(=C)C(C(C)C)N(C)C(=C)N3CCCCC3)C(=C)N3CCCC=C(C)N3)n2)cc1.CC. The Bertz CT molecular complexity index is 2140. The Kier molecular flexibility index (Phi) is 20.8. The van der Waals surface area contributed by atoms with E-state index >= 15 is 0 Å². The number of hydrogen-bond acceptors (Lipinski definition) is 10. The summed E-state index contributed by atoms with van der Waals surface area (Å²) in [5.41, 5.74) is 14.5. The molecule has 66 heavy (non-hydrogen) atoms. The van der Waals surface area contributed by atoms with Gasteiger partial charge in [0.15, 0.2) is 0 Å². The summed E-state index contributed by atoms with van der Waals surface area (Å²) in [7, 11) is 2.17. The number of nitrogens with one attached hydrogen (secondary N) is 2. The molecule has 1 aromatic carbocycles. The van der Waals surface area contributed by atoms with Gasteiger partial charge in [0.1, 0.15) is 12.7 Å². The Morgan fingerprint density at radius 1 is 1.03 bits per heavy atom. The molecule has 1 fully saturated rings. The first-order valence-electron chi connectivity index (χ1n) is 24.7. The van der Waals surface area contributed by atoms with Crippen LogP contribution in [-0.2, 0) is 11.2 Å². The average molecular weight is 917 g/mol. The molecule has 1 saturated heterocycles. The van der Waals surface area contributed by atoms with E-state index in [4.69, 9.17) is 34.3 Å². The maximum Gasteiger partial charge on any atom is 0.106 e. The first-order valence-corrected chi connectivity index (χ1v) is 25.5. The molecular formula is C56H84N8OS. The Morgan fingerprint density at radius 3 is 2.36 bits per heavy atom. The second-order valence-corrected chi connectivity index (χ2v) is 20.0. The van der Waals surface area contributed by atoms with Crippen molar-refractivity contribution in [2.45, 2.75) is 146 Å². The molecule has 2 N–H and O–H groups in total. The molecule has 10 heteroatoms. The van der Waals surface area contributed by atoms with E-state index in [9.17, 15) is 0 Å². The van der Waals surface area contributed by atoms with Crippen molar-refractivity contribution in [1.82, 2.24) is 35.5 Å². The van der Waals surface area contributed by atoms with Crippen LogP contribution in [0, 0.1) is 23.9 Å². The van der Waals surface area contributed by atoms with Gasteiger partial charge in [0.2, 0.25) is 0 Å². The number of thiazole rings is 1. The number of anilines is 1. The van der Waals surface area contributed by atoms with Gasteiger partial charge in [-0.2, -0.15) is 0 Å². The zero-order chi connectivity index (χ0) is 48.6. The van der Waals surface area contributed by atoms with Crippen molar-refractivity contribution in [2.24, 2.45) is 11.3 Å². The second kappa shape index (κ2) is 25.7. The number of benzene rings is 1. The monoisotopic (exact) mass is 917 g/mol. The van der Waals surface area contributed by atoms with Gasteiger partial charge in [-0.25, -0.2) is 4.98 Å². The van der Waals surface area contributed by atoms with Crippen molar-refractivity contribution < 1.29 is 4.74 Å². The lowest BCUT2D eigenvalue weighted by Crippen LogP contribution is -2.50. The molecule has 0 amide bonds. The molecular weight excluding hydrogens is 833 g/mol. The van der Waals surface area contributed by atoms with E-state index in [2.05, 4.69) is 160 Å². The molecule has 0 aliphatic carbocycles. The van der Waals surface area contributed by atoms with Gasteiger partial charge in [0.25, 0.3) is 0 Å². The number of hydrogen-bond donors (Lipinski definition) is 2. The van der Waals surface area contributed by atoms with E-state index in [0.29, 0.717) is 24.9 Å². The summed E-state index contributed by atoms with van der Waals surface area (Å²) >= 11 is 1.70. The molecule has 2 aliphatic heterocycles. The summed E-state index contributed by atoms with van der Waals surface area (Å²) in [6, 6.07) is 13.1. The topological polar surface area (TPSA) is 72.0 Å². The third kappa shape index (κ3) is 14.2. The zero-order valence-electron chi connectivity index (χ0n) is 42.9. The molecule has 3 aromatic rings. The van der Waals surface area contributed by atoms with E-state index in [1.807, 2.05) is 20.0 Å². The minimum atomic E-state index is -0.159. The van der Waals surface area contributed by atoms with Crippen molar-refractivity contribution in [2.75, 3.05) is 44.7 Å². The maximum atomic E-state index is 5.51. The quantitative estimate of drug-likeness (QED) is 0.0959. The standard InChI is InChI=1S/C54H78N8OS.C2H6/c1-15-39(6)51-47(25-23-30-55-51)53(40(7)35-54(12,13)37-63-17-3)61(16-2)46-28-26-45(27-29-46)49-36-64-50(57-49)34-48(43(10)62-33-22-19-24-41(8)58-62)56-42(9)52(38(4)5)59(14)44(11)60-31-20-18-21-32-60;1-2/h3,23-30,36,38-39,48,52,56,58H,9-11,15-16,18-22,31-35,37H2,1-2,4-8,12-14H3;1-2H3/b53-40+;. The summed E-state index contributed by atoms with van der Waals surface area (Å²) in [6.07, 6.45) is 20.3. The van der Waals surface area contributed by atoms with Crippen LogP contribution >= 0.6 is 11.3 Å². The van der Waals surface area contributed by atoms with Crippen LogP contribution in [0.15, 0.2) is 102 Å². The highest BCUT2D eigenvalue weighted by atomic mass is 32.1. The minimum Gasteiger partial charge on any atom is -0.446 e. The fourth-order valence-corrected chi connectivity index (χ4v) is 10.2. The first-order chi connectivity index (χ1) is 31.6. The van der Waals surface area contributed by atoms with Crippen molar-refractivity contribution in [3.63, 3.8) is 0 Å². The molecule has 9 nitrogen and oxygen atoms in total. The van der Waals surface area contributed by atoms with E-state index in [-0.39, 0.29) is 17.5 Å². The van der Waals surface area contributed by atoms with E-state index in [0.717, 1.165) is 102 Å². The highest BCUT2D eigenvalue weighted by molar-refractivity contribution is 7.10. The third-order valence-electron chi connectivity index (χ3n) is 12.8. The normalized spacial score (nSPS) is 15.9. The smallest absolute Gasteiger partial charge is 0.106 e. The third-order valence-corrected chi connectivity index (χ3v) is 13.7. The summed E-state index contributed by atoms with van der Waals surface area (Å²) in [5, 5.41) is 9.35. The minimum absolute atomic E-state index is 0.0458. The number of hydrazine groups is 1. The fourth-order valence-electron chi connectivity index (χ4n) is 9.36. The fraction of sp³-hybridized carbons (Fsp3) is 0.536. The first kappa shape index (κ1) is 53.5. The average Bonchev–Trinajstić information content (AvgIpc) is 3.68. The van der Waals surface area contributed by atoms with E-state index < -0.39 is 0 Å². The number of aromatic nitrogens is 2. The van der Waals surface area contributed by atoms with Crippen LogP contribution in [0.2, 0.25) is 0 Å². The molecule has 2 aromatic heterocycles. The van der Waals surface area contributed by atoms with Crippen LogP contribution in [-0.4, -0.2) is 76.7 Å². The lowest BCUT2D eigenvalue weighted by atomic mass is 9.84. The van der Waals surface area contributed by atoms with Gasteiger partial charge in [0, 0.05) is 90.5 Å². The predicted octanol–water partition coefficient (Wildman–Crippen LogP) is 13.0. The number of rotatable bonds is 22. The lowest BCUT2D eigenvalue weighted by molar-refractivity contribution is 0.154. The number of allylic oxidation sites excluding steroid dienone is 3. The summed E-state index contributed by atoms with van der Waals surface area (Å²) in [5.74, 6) is 1.68. The molecule has 0 bridgehead atoms. The number of ether oxygens (including phenoxy) is 1. The van der Waals surface area contributed by atoms with Crippen LogP contribution in [0.1, 0.15) is 143 Å². The van der Waals surface area contributed by atoms with Crippen molar-refractivity contribution in [3.8, 4) is 23.8 Å². The largest absolute Gasteiger partial charge is 0.446 e. The molecule has 0 spiro atoms. The Labute approximate surface area is 405 Å². The van der Waals surface area contributed by atoms with E-state index in [1.165, 1.54) is 36.1 Å². The molecule has 0 saturated carbocycles. The van der Waals surface area contributed by atoms with Gasteiger partial charge >= 0.3 is 0 Å². The van der Waals surface area contributed by atoms with Crippen LogP contribution in [0.25, 0.3) is 17.0 Å². The number of terminal acetylenes is 1. The van der Waals surface area contributed by atoms with Crippen molar-refractivity contribution in [3.05, 3.63) is 119 Å². The Hall–Kier alpha value is -5.14. The van der Waals surface area contributed by atoms with Crippen molar-refractivity contribution in [1.29, 1.82) is 0 Å². The van der Waals surface area contributed by atoms with Crippen LogP contribution in [0.5, 0.6) is 0 Å². The number of piperidine rings is 1. The van der Waals surface area contributed by atoms with Crippen LogP contribution < -0.4 is 15.6 Å². The molecule has 2 aliphatic rings. The molecule has 360 valence electrons. The molecule has 3 unspecified atom stereocenters. The molecule has 0 radical (unpaired) electrons. The maximum absolute atomic E-state index is 5.51. The van der Waals surface area contributed by atoms with Crippen LogP contribution in [0.3, 0.4) is 0 Å². The number of pyridine rings is 1. The van der Waals surface area contributed by atoms with Gasteiger partial charge < -0.3 is 30.2 Å². The van der Waals surface area contributed by atoms with E-state index in [1.54, 1.807) is 11.3 Å². The molecule has 5 rings (SSSR count). The van der Waals surface area contributed by atoms with Crippen LogP contribution in [0.4, 0.5) is 5.69 Å². The lowest BCUT2D eigenvalue weighted by Gasteiger charge is -2.42. The number of nitrogens with zero attached hydrogens (tertiary/aromatic N) is 6. The number of likely N-dealkylation sites (tertiary alicyclic amines) is 1. The number of likely N-dealkylation sites (N-methyl/N-ethyl adjacent to an activating group) is 1. The summed E-state index contributed by atoms with van der Waals surface area (Å²) in [6.45, 7) is 42.2. The highest BCUT2D eigenvalue weighted by Gasteiger charge is 2.30. The van der Waals surface area contributed by atoms with Crippen molar-refractivity contribution >= 4 is 22.7 Å². The predicted molar refractivity (Wildman–Crippen MR) is 283 cm³/mol. The van der Waals surface area contributed by atoms with Gasteiger partial charge in [-0.05, 0) is 107 Å². The second-order valence-electron chi connectivity index (χ2n) is 19.0. The summed E-state index contributed by atoms with van der Waals surface area (Å²) in [4.78, 5) is 17.4. The highest BCUT2D eigenvalue weighted by Crippen LogP contribution is 2.38. The zero-order valence-corrected chi connectivity index (χ0v) is 43.7. The Balaban J connectivity index is 0.00000469. The van der Waals surface area contributed by atoms with Gasteiger partial charge in [-0.3, -0.25) is 9.99 Å². The van der Waals surface area contributed by atoms with Gasteiger partial charge in [-0.15, -0.1) is 11.3 Å². The molecule has 3 atom stereocenters. The van der Waals surface area contributed by atoms with Gasteiger partial charge in [0.05, 0.1) is 40.0 Å². The van der Waals surface area contributed by atoms with Gasteiger partial charge in [-0.1, -0.05) is 99.8 Å². The summed E-state index contributed by atoms with van der Waals surface area (Å²) < 4.78 is 5.48.